The van der Waals surface area contributed by atoms with E-state index >= 15 is 0 Å². The molecule has 1 aliphatic carbocycles. The minimum Gasteiger partial charge on any atom is -0.376 e. The Hall–Kier alpha value is 0.200. The molecule has 1 saturated carbocycles. The summed E-state index contributed by atoms with van der Waals surface area (Å²) in [6, 6.07) is 0. The van der Waals surface area contributed by atoms with Crippen LogP contribution in [0.2, 0.25) is 0 Å². The highest BCUT2D eigenvalue weighted by Gasteiger charge is 2.54. The van der Waals surface area contributed by atoms with E-state index in [0.717, 1.165) is 32.1 Å². The summed E-state index contributed by atoms with van der Waals surface area (Å²) in [5, 5.41) is 0. The van der Waals surface area contributed by atoms with Crippen molar-refractivity contribution in [2.24, 2.45) is 5.92 Å². The van der Waals surface area contributed by atoms with E-state index in [1.807, 2.05) is 0 Å². The molecule has 0 aromatic carbocycles. The lowest BCUT2D eigenvalue weighted by Gasteiger charge is -2.33. The van der Waals surface area contributed by atoms with E-state index in [4.69, 9.17) is 15.4 Å². The van der Waals surface area contributed by atoms with E-state index in [0.29, 0.717) is 5.92 Å². The van der Waals surface area contributed by atoms with Gasteiger partial charge in [0.05, 0.1) is 17.0 Å². The molecule has 1 aliphatic heterocycles. The Morgan fingerprint density at radius 3 is 2.12 bits per heavy atom. The first-order valence-electron chi connectivity index (χ1n) is 5.92. The molecule has 1 heterocycles. The molecule has 0 N–H and O–H groups in total. The van der Waals surface area contributed by atoms with Gasteiger partial charge in [-0.25, -0.2) is 8.42 Å². The van der Waals surface area contributed by atoms with Crippen LogP contribution in [0, 0.1) is 5.92 Å². The lowest BCUT2D eigenvalue weighted by Crippen LogP contribution is -2.33. The van der Waals surface area contributed by atoms with Crippen molar-refractivity contribution >= 4 is 19.7 Å². The maximum atomic E-state index is 11.5. The van der Waals surface area contributed by atoms with Crippen molar-refractivity contribution in [2.45, 2.75) is 62.9 Å². The summed E-state index contributed by atoms with van der Waals surface area (Å²) >= 11 is 0. The van der Waals surface area contributed by atoms with Gasteiger partial charge < -0.3 is 4.74 Å². The molecule has 0 radical (unpaired) electrons. The van der Waals surface area contributed by atoms with Crippen LogP contribution in [0.3, 0.4) is 0 Å². The lowest BCUT2D eigenvalue weighted by molar-refractivity contribution is -0.0538. The fourth-order valence-corrected chi connectivity index (χ4v) is 4.60. The van der Waals surface area contributed by atoms with Crippen molar-refractivity contribution < 1.29 is 13.2 Å². The standard InChI is InChI=1S/C11H19ClO3S/c1-8-5-10(6-9(2)15-8)7-11(3-4-11)16(12,13)14/h8-10H,3-7H2,1-2H3/t8-,9+,10?. The van der Waals surface area contributed by atoms with Gasteiger partial charge in [0.25, 0.3) is 0 Å². The topological polar surface area (TPSA) is 43.4 Å². The minimum absolute atomic E-state index is 0.238. The van der Waals surface area contributed by atoms with Crippen LogP contribution in [0.5, 0.6) is 0 Å². The molecule has 16 heavy (non-hydrogen) atoms. The average molecular weight is 267 g/mol. The first-order valence-corrected chi connectivity index (χ1v) is 8.23. The molecule has 2 aliphatic rings. The maximum Gasteiger partial charge on any atom is 0.238 e. The maximum absolute atomic E-state index is 11.5. The molecule has 1 unspecified atom stereocenters. The van der Waals surface area contributed by atoms with E-state index in [1.165, 1.54) is 0 Å². The first-order chi connectivity index (χ1) is 7.32. The molecule has 94 valence electrons. The normalized spacial score (nSPS) is 38.3. The van der Waals surface area contributed by atoms with E-state index in [9.17, 15) is 8.42 Å². The van der Waals surface area contributed by atoms with Gasteiger partial charge in [-0.05, 0) is 51.9 Å². The summed E-state index contributed by atoms with van der Waals surface area (Å²) < 4.78 is 28.0. The molecule has 3 nitrogen and oxygen atoms in total. The van der Waals surface area contributed by atoms with Crippen LogP contribution < -0.4 is 0 Å². The summed E-state index contributed by atoms with van der Waals surface area (Å²) in [5.41, 5.74) is 0. The minimum atomic E-state index is -3.39. The molecule has 2 rings (SSSR count). The van der Waals surface area contributed by atoms with Crippen LogP contribution in [-0.2, 0) is 13.8 Å². The van der Waals surface area contributed by atoms with Crippen LogP contribution >= 0.6 is 10.7 Å². The van der Waals surface area contributed by atoms with E-state index in [-0.39, 0.29) is 12.2 Å². The van der Waals surface area contributed by atoms with E-state index < -0.39 is 13.8 Å². The Morgan fingerprint density at radius 2 is 1.75 bits per heavy atom. The number of halogens is 1. The first kappa shape index (κ1) is 12.7. The quantitative estimate of drug-likeness (QED) is 0.738. The van der Waals surface area contributed by atoms with Crippen molar-refractivity contribution in [3.8, 4) is 0 Å². The highest BCUT2D eigenvalue weighted by molar-refractivity contribution is 8.15. The molecular formula is C11H19ClO3S. The smallest absolute Gasteiger partial charge is 0.238 e. The van der Waals surface area contributed by atoms with Crippen molar-refractivity contribution in [2.75, 3.05) is 0 Å². The molecular weight excluding hydrogens is 248 g/mol. The fourth-order valence-electron chi connectivity index (χ4n) is 2.92. The Morgan fingerprint density at radius 1 is 1.25 bits per heavy atom. The molecule has 1 saturated heterocycles. The van der Waals surface area contributed by atoms with Crippen LogP contribution in [0.25, 0.3) is 0 Å². The SMILES string of the molecule is C[C@@H]1CC(CC2(S(=O)(=O)Cl)CC2)C[C@H](C)O1. The third-order valence-electron chi connectivity index (χ3n) is 3.78. The van der Waals surface area contributed by atoms with Crippen LogP contribution in [0.1, 0.15) is 46.0 Å². The van der Waals surface area contributed by atoms with Crippen molar-refractivity contribution in [3.63, 3.8) is 0 Å². The van der Waals surface area contributed by atoms with Gasteiger partial charge in [-0.3, -0.25) is 0 Å². The highest BCUT2D eigenvalue weighted by Crippen LogP contribution is 2.51. The van der Waals surface area contributed by atoms with Gasteiger partial charge in [0.2, 0.25) is 9.05 Å². The molecule has 0 aromatic heterocycles. The Labute approximate surface area is 102 Å². The van der Waals surface area contributed by atoms with Gasteiger partial charge in [0.15, 0.2) is 0 Å². The van der Waals surface area contributed by atoms with E-state index in [1.54, 1.807) is 0 Å². The zero-order valence-corrected chi connectivity index (χ0v) is 11.4. The Balaban J connectivity index is 2.00. The zero-order chi connectivity index (χ0) is 12.0. The van der Waals surface area contributed by atoms with Crippen LogP contribution in [-0.4, -0.2) is 25.4 Å². The summed E-state index contributed by atoms with van der Waals surface area (Å²) in [6.07, 6.45) is 4.58. The predicted octanol–water partition coefficient (Wildman–Crippen LogP) is 2.68. The molecule has 5 heteroatoms. The third kappa shape index (κ3) is 2.54. The molecule has 0 bridgehead atoms. The molecule has 3 atom stereocenters. The molecule has 2 fully saturated rings. The number of hydrogen-bond donors (Lipinski definition) is 0. The number of rotatable bonds is 3. The van der Waals surface area contributed by atoms with Gasteiger partial charge in [-0.1, -0.05) is 0 Å². The molecule has 0 spiro atoms. The Bertz CT molecular complexity index is 351. The van der Waals surface area contributed by atoms with E-state index in [2.05, 4.69) is 13.8 Å². The van der Waals surface area contributed by atoms with Crippen molar-refractivity contribution in [1.29, 1.82) is 0 Å². The summed E-state index contributed by atoms with van der Waals surface area (Å²) in [4.78, 5) is 0. The summed E-state index contributed by atoms with van der Waals surface area (Å²) in [7, 11) is 2.13. The highest BCUT2D eigenvalue weighted by atomic mass is 35.7. The molecule has 0 aromatic rings. The van der Waals surface area contributed by atoms with Crippen LogP contribution in [0.15, 0.2) is 0 Å². The van der Waals surface area contributed by atoms with Gasteiger partial charge in [-0.15, -0.1) is 0 Å². The summed E-state index contributed by atoms with van der Waals surface area (Å²) in [5.74, 6) is 0.440. The van der Waals surface area contributed by atoms with Gasteiger partial charge in [-0.2, -0.15) is 0 Å². The monoisotopic (exact) mass is 266 g/mol. The van der Waals surface area contributed by atoms with Gasteiger partial charge in [0.1, 0.15) is 0 Å². The number of hydrogen-bond acceptors (Lipinski definition) is 3. The van der Waals surface area contributed by atoms with Gasteiger partial charge >= 0.3 is 0 Å². The summed E-state index contributed by atoms with van der Waals surface area (Å²) in [6.45, 7) is 4.11. The second-order valence-electron chi connectivity index (χ2n) is 5.42. The van der Waals surface area contributed by atoms with Gasteiger partial charge in [0, 0.05) is 10.7 Å². The third-order valence-corrected chi connectivity index (χ3v) is 6.37. The molecule has 0 amide bonds. The second kappa shape index (κ2) is 4.14. The van der Waals surface area contributed by atoms with Crippen molar-refractivity contribution in [3.05, 3.63) is 0 Å². The lowest BCUT2D eigenvalue weighted by atomic mass is 9.88. The fraction of sp³-hybridized carbons (Fsp3) is 1.00. The zero-order valence-electron chi connectivity index (χ0n) is 9.78. The average Bonchev–Trinajstić information content (AvgIpc) is 2.81. The largest absolute Gasteiger partial charge is 0.376 e. The predicted molar refractivity (Wildman–Crippen MR) is 64.1 cm³/mol. The Kier molecular flexibility index (Phi) is 3.28. The van der Waals surface area contributed by atoms with Crippen molar-refractivity contribution in [1.82, 2.24) is 0 Å². The second-order valence-corrected chi connectivity index (χ2v) is 8.38. The van der Waals surface area contributed by atoms with Crippen LogP contribution in [0.4, 0.5) is 0 Å². The number of ether oxygens (including phenoxy) is 1.